The molecule has 0 aliphatic heterocycles. The number of halogens is 2. The van der Waals surface area contributed by atoms with Crippen molar-refractivity contribution in [2.45, 2.75) is 10.8 Å². The van der Waals surface area contributed by atoms with E-state index >= 15 is 0 Å². The normalized spacial score (nSPS) is 11.5. The van der Waals surface area contributed by atoms with Crippen LogP contribution in [0.15, 0.2) is 39.8 Å². The van der Waals surface area contributed by atoms with Crippen molar-refractivity contribution in [3.05, 3.63) is 52.5 Å². The first-order valence-corrected chi connectivity index (χ1v) is 7.32. The van der Waals surface area contributed by atoms with Crippen LogP contribution >= 0.6 is 11.6 Å². The van der Waals surface area contributed by atoms with Gasteiger partial charge in [0.1, 0.15) is 5.82 Å². The lowest BCUT2D eigenvalue weighted by molar-refractivity contribution is 0.0656. The minimum Gasteiger partial charge on any atom is -0.475 e. The molecule has 8 heteroatoms. The Hall–Kier alpha value is -1.86. The Bertz CT molecular complexity index is 766. The number of hydrogen-bond acceptors (Lipinski definition) is 4. The summed E-state index contributed by atoms with van der Waals surface area (Å²) in [6, 6.07) is 5.69. The van der Waals surface area contributed by atoms with Crippen molar-refractivity contribution in [3.8, 4) is 0 Å². The second-order valence-electron chi connectivity index (χ2n) is 3.93. The van der Waals surface area contributed by atoms with Gasteiger partial charge in [0.05, 0.1) is 10.8 Å². The summed E-state index contributed by atoms with van der Waals surface area (Å²) in [5.41, 5.74) is 0.181. The minimum absolute atomic E-state index is 0.114. The van der Waals surface area contributed by atoms with Crippen LogP contribution in [-0.2, 0) is 15.6 Å². The van der Waals surface area contributed by atoms with E-state index in [0.717, 1.165) is 18.2 Å². The van der Waals surface area contributed by atoms with Crippen LogP contribution < -0.4 is 0 Å². The molecule has 0 radical (unpaired) electrons. The molecule has 0 atom stereocenters. The van der Waals surface area contributed by atoms with E-state index < -0.39 is 38.2 Å². The second-order valence-corrected chi connectivity index (χ2v) is 6.26. The number of carboxylic acids is 1. The summed E-state index contributed by atoms with van der Waals surface area (Å²) >= 11 is 5.50. The number of benzene rings is 1. The fraction of sp³-hybridized carbons (Fsp3) is 0.0833. The summed E-state index contributed by atoms with van der Waals surface area (Å²) in [5.74, 6) is -3.10. The van der Waals surface area contributed by atoms with E-state index in [-0.39, 0.29) is 10.6 Å². The molecule has 1 aromatic carbocycles. The maximum absolute atomic E-state index is 13.2. The summed E-state index contributed by atoms with van der Waals surface area (Å²) in [7, 11) is -3.90. The summed E-state index contributed by atoms with van der Waals surface area (Å²) in [6.45, 7) is 0. The van der Waals surface area contributed by atoms with Crippen LogP contribution in [0.4, 0.5) is 4.39 Å². The van der Waals surface area contributed by atoms with Crippen LogP contribution in [0.2, 0.25) is 5.02 Å². The van der Waals surface area contributed by atoms with Crippen molar-refractivity contribution in [1.29, 1.82) is 0 Å². The SMILES string of the molecule is O=C(O)c1ccc(S(=O)(=O)Cc2ccc(Cl)c(F)c2)o1. The molecule has 2 rings (SSSR count). The molecular formula is C12H8ClFO5S. The Morgan fingerprint density at radius 2 is 2.00 bits per heavy atom. The molecule has 0 spiro atoms. The molecule has 0 aliphatic rings. The van der Waals surface area contributed by atoms with Crippen LogP contribution in [0.25, 0.3) is 0 Å². The molecule has 0 saturated carbocycles. The molecule has 5 nitrogen and oxygen atoms in total. The predicted molar refractivity (Wildman–Crippen MR) is 68.0 cm³/mol. The Morgan fingerprint density at radius 1 is 1.30 bits per heavy atom. The van der Waals surface area contributed by atoms with E-state index in [9.17, 15) is 17.6 Å². The van der Waals surface area contributed by atoms with Crippen molar-refractivity contribution >= 4 is 27.4 Å². The van der Waals surface area contributed by atoms with Gasteiger partial charge in [-0.3, -0.25) is 0 Å². The molecule has 0 saturated heterocycles. The molecule has 0 bridgehead atoms. The molecule has 0 fully saturated rings. The topological polar surface area (TPSA) is 84.6 Å². The lowest BCUT2D eigenvalue weighted by Crippen LogP contribution is -2.04. The molecule has 0 amide bonds. The van der Waals surface area contributed by atoms with Crippen LogP contribution in [0.5, 0.6) is 0 Å². The van der Waals surface area contributed by atoms with Gasteiger partial charge in [-0.05, 0) is 29.8 Å². The number of rotatable bonds is 4. The maximum Gasteiger partial charge on any atom is 0.371 e. The summed E-state index contributed by atoms with van der Waals surface area (Å²) in [6.07, 6.45) is 0. The Kier molecular flexibility index (Phi) is 3.82. The molecule has 20 heavy (non-hydrogen) atoms. The zero-order valence-corrected chi connectivity index (χ0v) is 11.4. The summed E-state index contributed by atoms with van der Waals surface area (Å²) < 4.78 is 42.0. The van der Waals surface area contributed by atoms with E-state index in [4.69, 9.17) is 21.1 Å². The molecular weight excluding hydrogens is 311 g/mol. The first kappa shape index (κ1) is 14.5. The number of sulfone groups is 1. The highest BCUT2D eigenvalue weighted by Gasteiger charge is 2.22. The van der Waals surface area contributed by atoms with Crippen LogP contribution in [0.3, 0.4) is 0 Å². The lowest BCUT2D eigenvalue weighted by atomic mass is 10.2. The number of carboxylic acid groups (broad SMARTS) is 1. The Balaban J connectivity index is 2.30. The highest BCUT2D eigenvalue weighted by atomic mass is 35.5. The number of furan rings is 1. The van der Waals surface area contributed by atoms with E-state index in [1.54, 1.807) is 0 Å². The highest BCUT2D eigenvalue weighted by molar-refractivity contribution is 7.90. The average Bonchev–Trinajstić information content (AvgIpc) is 2.84. The van der Waals surface area contributed by atoms with Gasteiger partial charge < -0.3 is 9.52 Å². The third-order valence-electron chi connectivity index (χ3n) is 2.44. The molecule has 2 aromatic rings. The number of carbonyl (C=O) groups is 1. The molecule has 106 valence electrons. The van der Waals surface area contributed by atoms with Crippen molar-refractivity contribution in [1.82, 2.24) is 0 Å². The zero-order chi connectivity index (χ0) is 14.9. The quantitative estimate of drug-likeness (QED) is 0.937. The van der Waals surface area contributed by atoms with Gasteiger partial charge in [-0.15, -0.1) is 0 Å². The first-order chi connectivity index (χ1) is 9.29. The van der Waals surface area contributed by atoms with E-state index in [1.807, 2.05) is 0 Å². The fourth-order valence-corrected chi connectivity index (χ4v) is 2.89. The van der Waals surface area contributed by atoms with Crippen molar-refractivity contribution in [3.63, 3.8) is 0 Å². The van der Waals surface area contributed by atoms with Gasteiger partial charge in [0.2, 0.25) is 20.7 Å². The number of hydrogen-bond donors (Lipinski definition) is 1. The van der Waals surface area contributed by atoms with Gasteiger partial charge >= 0.3 is 5.97 Å². The third kappa shape index (κ3) is 3.00. The Morgan fingerprint density at radius 3 is 2.55 bits per heavy atom. The maximum atomic E-state index is 13.2. The lowest BCUT2D eigenvalue weighted by Gasteiger charge is -2.02. The van der Waals surface area contributed by atoms with Gasteiger partial charge in [0.25, 0.3) is 0 Å². The highest BCUT2D eigenvalue weighted by Crippen LogP contribution is 2.22. The molecule has 1 N–H and O–H groups in total. The standard InChI is InChI=1S/C12H8ClFO5S/c13-8-2-1-7(5-9(8)14)6-20(17,18)11-4-3-10(19-11)12(15)16/h1-5H,6H2,(H,15,16). The van der Waals surface area contributed by atoms with Crippen molar-refractivity contribution in [2.75, 3.05) is 0 Å². The smallest absolute Gasteiger partial charge is 0.371 e. The number of aromatic carboxylic acids is 1. The third-order valence-corrected chi connectivity index (χ3v) is 4.29. The van der Waals surface area contributed by atoms with Crippen LogP contribution in [0.1, 0.15) is 16.1 Å². The zero-order valence-electron chi connectivity index (χ0n) is 9.84. The molecule has 1 heterocycles. The first-order valence-electron chi connectivity index (χ1n) is 5.29. The van der Waals surface area contributed by atoms with Crippen LogP contribution in [0, 0.1) is 5.82 Å². The van der Waals surface area contributed by atoms with Crippen molar-refractivity contribution in [2.24, 2.45) is 0 Å². The minimum atomic E-state index is -3.90. The summed E-state index contributed by atoms with van der Waals surface area (Å²) in [4.78, 5) is 10.6. The fourth-order valence-electron chi connectivity index (χ4n) is 1.52. The average molecular weight is 319 g/mol. The van der Waals surface area contributed by atoms with Crippen LogP contribution in [-0.4, -0.2) is 19.5 Å². The molecule has 0 unspecified atom stereocenters. The summed E-state index contributed by atoms with van der Waals surface area (Å²) in [5, 5.41) is 8.07. The molecule has 0 aliphatic carbocycles. The van der Waals surface area contributed by atoms with Gasteiger partial charge in [0, 0.05) is 0 Å². The van der Waals surface area contributed by atoms with E-state index in [0.29, 0.717) is 0 Å². The van der Waals surface area contributed by atoms with Crippen molar-refractivity contribution < 1.29 is 27.1 Å². The van der Waals surface area contributed by atoms with E-state index in [1.165, 1.54) is 12.1 Å². The van der Waals surface area contributed by atoms with Gasteiger partial charge in [-0.25, -0.2) is 17.6 Å². The largest absolute Gasteiger partial charge is 0.475 e. The Labute approximate surface area is 118 Å². The predicted octanol–water partition coefficient (Wildman–Crippen LogP) is 2.74. The van der Waals surface area contributed by atoms with Gasteiger partial charge in [-0.1, -0.05) is 17.7 Å². The van der Waals surface area contributed by atoms with Gasteiger partial charge in [-0.2, -0.15) is 0 Å². The van der Waals surface area contributed by atoms with Gasteiger partial charge in [0.15, 0.2) is 0 Å². The monoisotopic (exact) mass is 318 g/mol. The second kappa shape index (κ2) is 5.26. The van der Waals surface area contributed by atoms with E-state index in [2.05, 4.69) is 0 Å². The molecule has 1 aromatic heterocycles.